The van der Waals surface area contributed by atoms with Crippen LogP contribution in [-0.2, 0) is 25.5 Å². The summed E-state index contributed by atoms with van der Waals surface area (Å²) < 4.78 is 9.82. The van der Waals surface area contributed by atoms with Crippen molar-refractivity contribution in [2.45, 2.75) is 25.4 Å². The first kappa shape index (κ1) is 14.5. The summed E-state index contributed by atoms with van der Waals surface area (Å²) in [7, 11) is 1.36. The Morgan fingerprint density at radius 3 is 2.65 bits per heavy atom. The lowest BCUT2D eigenvalue weighted by Gasteiger charge is -2.17. The Kier molecular flexibility index (Phi) is 4.74. The zero-order chi connectivity index (χ0) is 14.5. The lowest BCUT2D eigenvalue weighted by Crippen LogP contribution is -2.35. The summed E-state index contributed by atoms with van der Waals surface area (Å²) in [5.74, 6) is -0.588. The van der Waals surface area contributed by atoms with Gasteiger partial charge in [-0.15, -0.1) is 0 Å². The van der Waals surface area contributed by atoms with Gasteiger partial charge in [0.2, 0.25) is 0 Å². The van der Waals surface area contributed by atoms with Crippen LogP contribution in [0.1, 0.15) is 12.5 Å². The van der Waals surface area contributed by atoms with E-state index >= 15 is 0 Å². The van der Waals surface area contributed by atoms with Crippen molar-refractivity contribution in [3.8, 4) is 0 Å². The summed E-state index contributed by atoms with van der Waals surface area (Å²) >= 11 is 0. The molecule has 5 heteroatoms. The molecular weight excluding hydrogens is 258 g/mol. The number of benzene rings is 1. The van der Waals surface area contributed by atoms with Crippen LogP contribution in [0.3, 0.4) is 0 Å². The summed E-state index contributed by atoms with van der Waals surface area (Å²) in [6.07, 6.45) is 0.535. The van der Waals surface area contributed by atoms with E-state index in [4.69, 9.17) is 9.47 Å². The first-order valence-corrected chi connectivity index (χ1v) is 6.71. The van der Waals surface area contributed by atoms with Crippen molar-refractivity contribution in [1.82, 2.24) is 4.90 Å². The average Bonchev–Trinajstić information content (AvgIpc) is 3.25. The minimum Gasteiger partial charge on any atom is -0.468 e. The third kappa shape index (κ3) is 3.36. The van der Waals surface area contributed by atoms with Crippen LogP contribution in [0.15, 0.2) is 30.3 Å². The minimum atomic E-state index is -0.429. The molecule has 0 radical (unpaired) electrons. The van der Waals surface area contributed by atoms with E-state index in [0.29, 0.717) is 19.6 Å². The van der Waals surface area contributed by atoms with Crippen molar-refractivity contribution in [2.75, 3.05) is 20.3 Å². The number of hydrogen-bond donors (Lipinski definition) is 0. The topological polar surface area (TPSA) is 55.6 Å². The average molecular weight is 277 g/mol. The van der Waals surface area contributed by atoms with Gasteiger partial charge >= 0.3 is 11.9 Å². The number of carbonyl (C=O) groups is 2. The quantitative estimate of drug-likeness (QED) is 0.574. The van der Waals surface area contributed by atoms with Crippen LogP contribution in [0.4, 0.5) is 0 Å². The number of hydrogen-bond acceptors (Lipinski definition) is 5. The molecule has 1 fully saturated rings. The van der Waals surface area contributed by atoms with Gasteiger partial charge in [0.05, 0.1) is 13.7 Å². The lowest BCUT2D eigenvalue weighted by molar-refractivity contribution is -0.148. The van der Waals surface area contributed by atoms with Crippen LogP contribution >= 0.6 is 0 Å². The number of rotatable bonds is 6. The van der Waals surface area contributed by atoms with E-state index in [9.17, 15) is 9.59 Å². The van der Waals surface area contributed by atoms with Crippen LogP contribution in [0.25, 0.3) is 0 Å². The standard InChI is InChI=1S/C15H19NO4/c1-3-20-15(18)12(9-11-7-5-4-6-8-11)16-10-13(16)14(17)19-2/h4-8,12-13H,3,9-10H2,1-2H3. The smallest absolute Gasteiger partial charge is 0.324 e. The second-order valence-electron chi connectivity index (χ2n) is 4.69. The maximum atomic E-state index is 12.1. The second-order valence-corrected chi connectivity index (χ2v) is 4.69. The maximum absolute atomic E-state index is 12.1. The largest absolute Gasteiger partial charge is 0.468 e. The Balaban J connectivity index is 2.06. The van der Waals surface area contributed by atoms with Gasteiger partial charge in [0.25, 0.3) is 0 Å². The molecule has 1 aliphatic rings. The summed E-state index contributed by atoms with van der Waals surface area (Å²) in [6, 6.07) is 8.96. The molecule has 0 aliphatic carbocycles. The van der Waals surface area contributed by atoms with Gasteiger partial charge in [0, 0.05) is 6.54 Å². The molecule has 1 aromatic carbocycles. The summed E-state index contributed by atoms with van der Waals surface area (Å²) in [5.41, 5.74) is 1.04. The first-order valence-electron chi connectivity index (χ1n) is 6.71. The highest BCUT2D eigenvalue weighted by molar-refractivity contribution is 5.83. The van der Waals surface area contributed by atoms with Gasteiger partial charge in [0.15, 0.2) is 0 Å². The van der Waals surface area contributed by atoms with Crippen LogP contribution in [0, 0.1) is 0 Å². The van der Waals surface area contributed by atoms with E-state index < -0.39 is 6.04 Å². The van der Waals surface area contributed by atoms with Gasteiger partial charge in [-0.05, 0) is 18.9 Å². The van der Waals surface area contributed by atoms with Crippen molar-refractivity contribution < 1.29 is 19.1 Å². The molecule has 0 saturated carbocycles. The van der Waals surface area contributed by atoms with E-state index in [2.05, 4.69) is 0 Å². The number of ether oxygens (including phenoxy) is 2. The molecule has 1 heterocycles. The zero-order valence-corrected chi connectivity index (χ0v) is 11.7. The molecule has 0 amide bonds. The van der Waals surface area contributed by atoms with Crippen LogP contribution in [0.5, 0.6) is 0 Å². The minimum absolute atomic E-state index is 0.289. The maximum Gasteiger partial charge on any atom is 0.324 e. The predicted octanol–water partition coefficient (Wildman–Crippen LogP) is 1.02. The first-order chi connectivity index (χ1) is 9.67. The third-order valence-corrected chi connectivity index (χ3v) is 3.35. The molecule has 0 spiro atoms. The molecule has 1 aromatic rings. The number of methoxy groups -OCH3 is 1. The third-order valence-electron chi connectivity index (χ3n) is 3.35. The van der Waals surface area contributed by atoms with E-state index in [-0.39, 0.29) is 18.0 Å². The predicted molar refractivity (Wildman–Crippen MR) is 73.1 cm³/mol. The summed E-state index contributed by atoms with van der Waals surface area (Å²) in [6.45, 7) is 2.65. The molecule has 0 bridgehead atoms. The molecule has 108 valence electrons. The van der Waals surface area contributed by atoms with E-state index in [1.54, 1.807) is 6.92 Å². The number of esters is 2. The summed E-state index contributed by atoms with van der Waals surface area (Å²) in [5, 5.41) is 0. The van der Waals surface area contributed by atoms with Gasteiger partial charge in [0.1, 0.15) is 12.1 Å². The SMILES string of the molecule is CCOC(=O)C(Cc1ccccc1)N1CC1C(=O)OC. The van der Waals surface area contributed by atoms with E-state index in [1.807, 2.05) is 35.2 Å². The number of carbonyl (C=O) groups excluding carboxylic acids is 2. The second kappa shape index (κ2) is 6.52. The molecule has 20 heavy (non-hydrogen) atoms. The van der Waals surface area contributed by atoms with E-state index in [0.717, 1.165) is 5.56 Å². The van der Waals surface area contributed by atoms with Gasteiger partial charge in [-0.25, -0.2) is 0 Å². The Hall–Kier alpha value is -1.88. The Morgan fingerprint density at radius 1 is 1.35 bits per heavy atom. The molecular formula is C15H19NO4. The van der Waals surface area contributed by atoms with Crippen molar-refractivity contribution in [1.29, 1.82) is 0 Å². The molecule has 3 unspecified atom stereocenters. The highest BCUT2D eigenvalue weighted by atomic mass is 16.5. The van der Waals surface area contributed by atoms with Gasteiger partial charge < -0.3 is 9.47 Å². The molecule has 2 rings (SSSR count). The Bertz CT molecular complexity index is 474. The fourth-order valence-electron chi connectivity index (χ4n) is 2.25. The Labute approximate surface area is 118 Å². The van der Waals surface area contributed by atoms with Crippen molar-refractivity contribution in [3.63, 3.8) is 0 Å². The fraction of sp³-hybridized carbons (Fsp3) is 0.467. The van der Waals surface area contributed by atoms with Crippen LogP contribution < -0.4 is 0 Å². The monoisotopic (exact) mass is 277 g/mol. The van der Waals surface area contributed by atoms with E-state index in [1.165, 1.54) is 7.11 Å². The molecule has 1 saturated heterocycles. The number of nitrogens with zero attached hydrogens (tertiary/aromatic N) is 1. The summed E-state index contributed by atoms with van der Waals surface area (Å²) in [4.78, 5) is 25.4. The lowest BCUT2D eigenvalue weighted by atomic mass is 10.1. The molecule has 1 aliphatic heterocycles. The zero-order valence-electron chi connectivity index (χ0n) is 11.7. The molecule has 0 N–H and O–H groups in total. The van der Waals surface area contributed by atoms with Crippen molar-refractivity contribution in [2.24, 2.45) is 0 Å². The Morgan fingerprint density at radius 2 is 2.05 bits per heavy atom. The van der Waals surface area contributed by atoms with Crippen molar-refractivity contribution >= 4 is 11.9 Å². The van der Waals surface area contributed by atoms with Gasteiger partial charge in [-0.1, -0.05) is 30.3 Å². The van der Waals surface area contributed by atoms with Crippen molar-refractivity contribution in [3.05, 3.63) is 35.9 Å². The highest BCUT2D eigenvalue weighted by Gasteiger charge is 2.48. The molecule has 5 nitrogen and oxygen atoms in total. The van der Waals surface area contributed by atoms with Gasteiger partial charge in [-0.3, -0.25) is 14.5 Å². The van der Waals surface area contributed by atoms with Crippen LogP contribution in [-0.4, -0.2) is 49.2 Å². The molecule has 0 aromatic heterocycles. The normalized spacial score (nSPS) is 21.9. The van der Waals surface area contributed by atoms with Crippen LogP contribution in [0.2, 0.25) is 0 Å². The van der Waals surface area contributed by atoms with Gasteiger partial charge in [-0.2, -0.15) is 0 Å². The fourth-order valence-corrected chi connectivity index (χ4v) is 2.25. The molecule has 3 atom stereocenters. The highest BCUT2D eigenvalue weighted by Crippen LogP contribution is 2.25.